The molecule has 1 aliphatic rings. The number of nitrogens with zero attached hydrogens (tertiary/aromatic N) is 3. The summed E-state index contributed by atoms with van der Waals surface area (Å²) in [4.78, 5) is 19.1. The van der Waals surface area contributed by atoms with Gasteiger partial charge >= 0.3 is 6.18 Å². The first kappa shape index (κ1) is 17.5. The molecule has 27 heavy (non-hydrogen) atoms. The summed E-state index contributed by atoms with van der Waals surface area (Å²) in [5.41, 5.74) is 2.43. The molecule has 0 bridgehead atoms. The van der Waals surface area contributed by atoms with Gasteiger partial charge in [0, 0.05) is 6.54 Å². The van der Waals surface area contributed by atoms with Gasteiger partial charge in [-0.05, 0) is 49.6 Å². The van der Waals surface area contributed by atoms with E-state index in [-0.39, 0.29) is 11.9 Å². The lowest BCUT2D eigenvalue weighted by atomic mass is 10.0. The van der Waals surface area contributed by atoms with Crippen molar-refractivity contribution in [1.82, 2.24) is 20.1 Å². The summed E-state index contributed by atoms with van der Waals surface area (Å²) in [5, 5.41) is 6.94. The lowest BCUT2D eigenvalue weighted by Gasteiger charge is -2.25. The van der Waals surface area contributed by atoms with Crippen molar-refractivity contribution in [3.63, 3.8) is 0 Å². The SMILES string of the molecule is Cc1[nH]nc2ccc(C(=O)N3CCC[C@H]3c3ccc(C(F)(F)F)cc3)nc12. The van der Waals surface area contributed by atoms with E-state index in [1.807, 2.05) is 6.92 Å². The predicted molar refractivity (Wildman–Crippen MR) is 93.1 cm³/mol. The smallest absolute Gasteiger partial charge is 0.330 e. The Morgan fingerprint density at radius 3 is 2.63 bits per heavy atom. The van der Waals surface area contributed by atoms with Crippen LogP contribution in [0, 0.1) is 6.92 Å². The molecule has 2 aromatic heterocycles. The number of pyridine rings is 1. The average Bonchev–Trinajstić information content (AvgIpc) is 3.27. The summed E-state index contributed by atoms with van der Waals surface area (Å²) in [7, 11) is 0. The second kappa shape index (κ2) is 6.37. The highest BCUT2D eigenvalue weighted by Gasteiger charge is 2.33. The van der Waals surface area contributed by atoms with Crippen LogP contribution in [0.2, 0.25) is 0 Å². The molecule has 5 nitrogen and oxygen atoms in total. The number of rotatable bonds is 2. The number of amides is 1. The second-order valence-corrected chi connectivity index (χ2v) is 6.69. The molecule has 0 spiro atoms. The normalized spacial score (nSPS) is 17.6. The number of carbonyl (C=O) groups is 1. The number of H-pyrrole nitrogens is 1. The van der Waals surface area contributed by atoms with Crippen molar-refractivity contribution in [2.45, 2.75) is 32.0 Å². The van der Waals surface area contributed by atoms with E-state index in [1.54, 1.807) is 17.0 Å². The Balaban J connectivity index is 1.62. The standard InChI is InChI=1S/C19H17F3N4O/c1-11-17-14(25-24-11)8-9-15(23-17)18(27)26-10-2-3-16(26)12-4-6-13(7-5-12)19(20,21)22/h4-9,16H,2-3,10H2,1H3,(H,24,25)/t16-/m0/s1. The van der Waals surface area contributed by atoms with Gasteiger partial charge < -0.3 is 4.90 Å². The van der Waals surface area contributed by atoms with Crippen LogP contribution in [0.25, 0.3) is 11.0 Å². The van der Waals surface area contributed by atoms with Gasteiger partial charge in [0.05, 0.1) is 17.3 Å². The van der Waals surface area contributed by atoms with E-state index in [0.29, 0.717) is 35.3 Å². The Bertz CT molecular complexity index is 994. The van der Waals surface area contributed by atoms with Gasteiger partial charge in [-0.25, -0.2) is 4.98 Å². The molecule has 1 amide bonds. The maximum atomic E-state index is 13.0. The molecular weight excluding hydrogens is 357 g/mol. The number of benzene rings is 1. The molecule has 1 saturated heterocycles. The van der Waals surface area contributed by atoms with Crippen LogP contribution in [-0.2, 0) is 6.18 Å². The summed E-state index contributed by atoms with van der Waals surface area (Å²) in [6.45, 7) is 2.38. The molecule has 1 atom stereocenters. The van der Waals surface area contributed by atoms with E-state index in [0.717, 1.165) is 24.2 Å². The number of hydrogen-bond acceptors (Lipinski definition) is 3. The molecule has 1 aromatic carbocycles. The Kier molecular flexibility index (Phi) is 4.13. The maximum absolute atomic E-state index is 13.0. The van der Waals surface area contributed by atoms with Crippen LogP contribution >= 0.6 is 0 Å². The molecule has 0 aliphatic carbocycles. The van der Waals surface area contributed by atoms with Crippen LogP contribution in [0.1, 0.15) is 46.2 Å². The Morgan fingerprint density at radius 2 is 1.93 bits per heavy atom. The minimum atomic E-state index is -4.37. The highest BCUT2D eigenvalue weighted by Crippen LogP contribution is 2.35. The van der Waals surface area contributed by atoms with Crippen molar-refractivity contribution in [3.8, 4) is 0 Å². The lowest BCUT2D eigenvalue weighted by Crippen LogP contribution is -2.31. The van der Waals surface area contributed by atoms with Crippen LogP contribution in [0.3, 0.4) is 0 Å². The summed E-state index contributed by atoms with van der Waals surface area (Å²) in [5.74, 6) is -0.222. The molecule has 3 heterocycles. The first-order valence-corrected chi connectivity index (χ1v) is 8.64. The zero-order valence-electron chi connectivity index (χ0n) is 14.5. The highest BCUT2D eigenvalue weighted by atomic mass is 19.4. The minimum Gasteiger partial charge on any atom is -0.330 e. The van der Waals surface area contributed by atoms with Crippen molar-refractivity contribution < 1.29 is 18.0 Å². The molecule has 0 unspecified atom stereocenters. The quantitative estimate of drug-likeness (QED) is 0.729. The van der Waals surface area contributed by atoms with Gasteiger partial charge in [0.1, 0.15) is 16.7 Å². The largest absolute Gasteiger partial charge is 0.416 e. The third-order valence-electron chi connectivity index (χ3n) is 4.93. The first-order valence-electron chi connectivity index (χ1n) is 8.64. The molecule has 3 aromatic rings. The van der Waals surface area contributed by atoms with Gasteiger partial charge in [-0.15, -0.1) is 0 Å². The van der Waals surface area contributed by atoms with Gasteiger partial charge in [0.25, 0.3) is 5.91 Å². The number of carbonyl (C=O) groups excluding carboxylic acids is 1. The highest BCUT2D eigenvalue weighted by molar-refractivity contribution is 5.95. The first-order chi connectivity index (χ1) is 12.8. The molecule has 0 radical (unpaired) electrons. The van der Waals surface area contributed by atoms with E-state index in [2.05, 4.69) is 15.2 Å². The second-order valence-electron chi connectivity index (χ2n) is 6.69. The Hall–Kier alpha value is -2.90. The minimum absolute atomic E-state index is 0.222. The third-order valence-corrected chi connectivity index (χ3v) is 4.93. The number of aromatic nitrogens is 3. The van der Waals surface area contributed by atoms with E-state index >= 15 is 0 Å². The van der Waals surface area contributed by atoms with E-state index < -0.39 is 11.7 Å². The summed E-state index contributed by atoms with van der Waals surface area (Å²) < 4.78 is 38.3. The zero-order valence-corrected chi connectivity index (χ0v) is 14.5. The van der Waals surface area contributed by atoms with Gasteiger partial charge in [-0.3, -0.25) is 9.89 Å². The fraction of sp³-hybridized carbons (Fsp3) is 0.316. The average molecular weight is 374 g/mol. The summed E-state index contributed by atoms with van der Waals surface area (Å²) >= 11 is 0. The van der Waals surface area contributed by atoms with E-state index in [1.165, 1.54) is 12.1 Å². The predicted octanol–water partition coefficient (Wildman–Crippen LogP) is 4.26. The lowest BCUT2D eigenvalue weighted by molar-refractivity contribution is -0.137. The number of nitrogens with one attached hydrogen (secondary N) is 1. The number of hydrogen-bond donors (Lipinski definition) is 1. The molecule has 1 fully saturated rings. The van der Waals surface area contributed by atoms with Gasteiger partial charge in [-0.1, -0.05) is 12.1 Å². The molecule has 4 rings (SSSR count). The van der Waals surface area contributed by atoms with E-state index in [9.17, 15) is 18.0 Å². The van der Waals surface area contributed by atoms with Crippen LogP contribution in [-0.4, -0.2) is 32.5 Å². The van der Waals surface area contributed by atoms with Crippen LogP contribution < -0.4 is 0 Å². The number of aryl methyl sites for hydroxylation is 1. The number of aromatic amines is 1. The number of likely N-dealkylation sites (tertiary alicyclic amines) is 1. The van der Waals surface area contributed by atoms with Crippen LogP contribution in [0.5, 0.6) is 0 Å². The summed E-state index contributed by atoms with van der Waals surface area (Å²) in [6, 6.07) is 8.16. The Labute approximate surface area is 153 Å². The van der Waals surface area contributed by atoms with Gasteiger partial charge in [0.2, 0.25) is 0 Å². The van der Waals surface area contributed by atoms with Crippen molar-refractivity contribution in [1.29, 1.82) is 0 Å². The van der Waals surface area contributed by atoms with Gasteiger partial charge in [0.15, 0.2) is 0 Å². The van der Waals surface area contributed by atoms with Crippen LogP contribution in [0.15, 0.2) is 36.4 Å². The Morgan fingerprint density at radius 1 is 1.19 bits per heavy atom. The zero-order chi connectivity index (χ0) is 19.2. The van der Waals surface area contributed by atoms with Gasteiger partial charge in [-0.2, -0.15) is 18.3 Å². The molecule has 1 aliphatic heterocycles. The fourth-order valence-electron chi connectivity index (χ4n) is 3.53. The van der Waals surface area contributed by atoms with Crippen molar-refractivity contribution >= 4 is 16.9 Å². The molecule has 140 valence electrons. The fourth-order valence-corrected chi connectivity index (χ4v) is 3.53. The number of halogens is 3. The molecular formula is C19H17F3N4O. The maximum Gasteiger partial charge on any atom is 0.416 e. The number of fused-ring (bicyclic) bond motifs is 1. The topological polar surface area (TPSA) is 61.9 Å². The third kappa shape index (κ3) is 3.15. The van der Waals surface area contributed by atoms with Crippen LogP contribution in [0.4, 0.5) is 13.2 Å². The van der Waals surface area contributed by atoms with Crippen molar-refractivity contribution in [2.75, 3.05) is 6.54 Å². The molecule has 8 heteroatoms. The van der Waals surface area contributed by atoms with Crippen molar-refractivity contribution in [2.24, 2.45) is 0 Å². The molecule has 0 saturated carbocycles. The monoisotopic (exact) mass is 374 g/mol. The molecule has 1 N–H and O–H groups in total. The van der Waals surface area contributed by atoms with Crippen molar-refractivity contribution in [3.05, 3.63) is 58.9 Å². The number of alkyl halides is 3. The summed E-state index contributed by atoms with van der Waals surface area (Å²) in [6.07, 6.45) is -2.86. The van der Waals surface area contributed by atoms with E-state index in [4.69, 9.17) is 0 Å².